The predicted octanol–water partition coefficient (Wildman–Crippen LogP) is 3.65. The van der Waals surface area contributed by atoms with Gasteiger partial charge in [-0.15, -0.1) is 11.3 Å². The maximum Gasteiger partial charge on any atom is 0.226 e. The summed E-state index contributed by atoms with van der Waals surface area (Å²) in [4.78, 5) is 28.4. The maximum absolute atomic E-state index is 12.1. The summed E-state index contributed by atoms with van der Waals surface area (Å²) in [5.74, 6) is 0.735. The number of aryl methyl sites for hydroxylation is 1. The Hall–Kier alpha value is -3.06. The lowest BCUT2D eigenvalue weighted by Gasteiger charge is -2.00. The second-order valence-corrected chi connectivity index (χ2v) is 6.39. The number of benzene rings is 1. The highest BCUT2D eigenvalue weighted by atomic mass is 32.1. The third kappa shape index (κ3) is 3.56. The van der Waals surface area contributed by atoms with Gasteiger partial charge in [0.25, 0.3) is 0 Å². The number of nitrogens with zero attached hydrogens (tertiary/aromatic N) is 3. The van der Waals surface area contributed by atoms with Crippen LogP contribution in [0.4, 0.5) is 5.13 Å². The normalized spacial score (nSPS) is 10.9. The minimum absolute atomic E-state index is 0.0763. The third-order valence-electron chi connectivity index (χ3n) is 3.74. The van der Waals surface area contributed by atoms with Gasteiger partial charge in [0.1, 0.15) is 5.82 Å². The molecule has 2 N–H and O–H groups in total. The molecule has 0 atom stereocenters. The number of fused-ring (bicyclic) bond motifs is 1. The van der Waals surface area contributed by atoms with Gasteiger partial charge in [0.2, 0.25) is 5.91 Å². The highest BCUT2D eigenvalue weighted by Crippen LogP contribution is 2.24. The first kappa shape index (κ1) is 15.5. The minimum atomic E-state index is -0.0763. The van der Waals surface area contributed by atoms with Crippen molar-refractivity contribution in [1.29, 1.82) is 0 Å². The van der Waals surface area contributed by atoms with Gasteiger partial charge in [-0.05, 0) is 24.3 Å². The number of hydrogen-bond acceptors (Lipinski definition) is 5. The summed E-state index contributed by atoms with van der Waals surface area (Å²) in [6.07, 6.45) is 4.38. The molecule has 0 bridgehead atoms. The number of amides is 1. The summed E-state index contributed by atoms with van der Waals surface area (Å²) in [6, 6.07) is 11.6. The summed E-state index contributed by atoms with van der Waals surface area (Å²) in [5.41, 5.74) is 3.64. The van der Waals surface area contributed by atoms with Crippen LogP contribution in [-0.2, 0) is 11.2 Å². The van der Waals surface area contributed by atoms with Gasteiger partial charge in [0, 0.05) is 36.2 Å². The van der Waals surface area contributed by atoms with Crippen molar-refractivity contribution in [2.45, 2.75) is 12.8 Å². The molecular formula is C18H15N5OS. The number of nitrogens with one attached hydrogen (secondary N) is 2. The Bertz CT molecular complexity index is 975. The fourth-order valence-electron chi connectivity index (χ4n) is 2.52. The maximum atomic E-state index is 12.1. The van der Waals surface area contributed by atoms with Crippen molar-refractivity contribution in [3.05, 3.63) is 60.0 Å². The standard InChI is InChI=1S/C18H15N5OS/c24-17(8-7-16-20-13-5-1-2-6-14(13)21-16)23-18-22-15(11-25-18)12-4-3-9-19-10-12/h1-6,9-11H,7-8H2,(H,20,21)(H,22,23,24). The SMILES string of the molecule is O=C(CCc1nc2ccccc2[nH]1)Nc1nc(-c2cccnc2)cs1. The van der Waals surface area contributed by atoms with Crippen molar-refractivity contribution in [2.24, 2.45) is 0 Å². The Morgan fingerprint density at radius 2 is 2.08 bits per heavy atom. The van der Waals surface area contributed by atoms with Crippen molar-refractivity contribution < 1.29 is 4.79 Å². The molecule has 0 spiro atoms. The summed E-state index contributed by atoms with van der Waals surface area (Å²) >= 11 is 1.40. The molecule has 4 aromatic rings. The highest BCUT2D eigenvalue weighted by Gasteiger charge is 2.10. The summed E-state index contributed by atoms with van der Waals surface area (Å²) in [7, 11) is 0. The zero-order valence-electron chi connectivity index (χ0n) is 13.3. The van der Waals surface area contributed by atoms with E-state index in [1.54, 1.807) is 12.4 Å². The molecule has 3 heterocycles. The molecule has 0 aliphatic rings. The Balaban J connectivity index is 1.37. The van der Waals surface area contributed by atoms with Crippen LogP contribution in [0.5, 0.6) is 0 Å². The van der Waals surface area contributed by atoms with Gasteiger partial charge in [0.15, 0.2) is 5.13 Å². The highest BCUT2D eigenvalue weighted by molar-refractivity contribution is 7.14. The number of carbonyl (C=O) groups excluding carboxylic acids is 1. The van der Waals surface area contributed by atoms with E-state index in [2.05, 4.69) is 25.3 Å². The van der Waals surface area contributed by atoms with Gasteiger partial charge < -0.3 is 10.3 Å². The zero-order chi connectivity index (χ0) is 17.1. The number of rotatable bonds is 5. The average molecular weight is 349 g/mol. The van der Waals surface area contributed by atoms with Gasteiger partial charge in [0.05, 0.1) is 16.7 Å². The predicted molar refractivity (Wildman–Crippen MR) is 98.4 cm³/mol. The summed E-state index contributed by atoms with van der Waals surface area (Å²) < 4.78 is 0. The lowest BCUT2D eigenvalue weighted by molar-refractivity contribution is -0.116. The van der Waals surface area contributed by atoms with Crippen LogP contribution in [0.15, 0.2) is 54.2 Å². The smallest absolute Gasteiger partial charge is 0.226 e. The van der Waals surface area contributed by atoms with E-state index in [9.17, 15) is 4.79 Å². The minimum Gasteiger partial charge on any atom is -0.342 e. The Morgan fingerprint density at radius 3 is 2.92 bits per heavy atom. The molecule has 0 saturated heterocycles. The third-order valence-corrected chi connectivity index (χ3v) is 4.49. The molecule has 6 nitrogen and oxygen atoms in total. The lowest BCUT2D eigenvalue weighted by atomic mass is 10.2. The molecule has 0 fully saturated rings. The molecule has 0 radical (unpaired) electrons. The van der Waals surface area contributed by atoms with Gasteiger partial charge in [-0.2, -0.15) is 0 Å². The number of anilines is 1. The van der Waals surface area contributed by atoms with E-state index in [1.807, 2.05) is 41.8 Å². The molecule has 25 heavy (non-hydrogen) atoms. The molecule has 3 aromatic heterocycles. The van der Waals surface area contributed by atoms with Crippen LogP contribution in [0.1, 0.15) is 12.2 Å². The molecular weight excluding hydrogens is 334 g/mol. The van der Waals surface area contributed by atoms with Crippen molar-refractivity contribution in [1.82, 2.24) is 19.9 Å². The van der Waals surface area contributed by atoms with Crippen molar-refractivity contribution in [2.75, 3.05) is 5.32 Å². The molecule has 1 amide bonds. The number of aromatic nitrogens is 4. The average Bonchev–Trinajstić information content (AvgIpc) is 3.27. The lowest BCUT2D eigenvalue weighted by Crippen LogP contribution is -2.12. The number of carbonyl (C=O) groups is 1. The first-order valence-corrected chi connectivity index (χ1v) is 8.75. The molecule has 124 valence electrons. The molecule has 0 unspecified atom stereocenters. The second kappa shape index (κ2) is 6.82. The largest absolute Gasteiger partial charge is 0.342 e. The summed E-state index contributed by atoms with van der Waals surface area (Å²) in [5, 5.41) is 5.34. The van der Waals surface area contributed by atoms with Crippen LogP contribution >= 0.6 is 11.3 Å². The quantitative estimate of drug-likeness (QED) is 0.576. The van der Waals surface area contributed by atoms with Crippen LogP contribution in [0, 0.1) is 0 Å². The fraction of sp³-hybridized carbons (Fsp3) is 0.111. The molecule has 0 aliphatic carbocycles. The number of imidazole rings is 1. The molecule has 0 aliphatic heterocycles. The Labute approximate surface area is 148 Å². The molecule has 7 heteroatoms. The topological polar surface area (TPSA) is 83.6 Å². The number of hydrogen-bond donors (Lipinski definition) is 2. The number of pyridine rings is 1. The Morgan fingerprint density at radius 1 is 1.16 bits per heavy atom. The van der Waals surface area contributed by atoms with E-state index in [4.69, 9.17) is 0 Å². The summed E-state index contributed by atoms with van der Waals surface area (Å²) in [6.45, 7) is 0. The zero-order valence-corrected chi connectivity index (χ0v) is 14.1. The number of para-hydroxylation sites is 2. The molecule has 0 saturated carbocycles. The number of H-pyrrole nitrogens is 1. The van der Waals surface area contributed by atoms with E-state index in [1.165, 1.54) is 11.3 Å². The van der Waals surface area contributed by atoms with E-state index in [0.29, 0.717) is 18.0 Å². The van der Waals surface area contributed by atoms with Gasteiger partial charge in [-0.1, -0.05) is 12.1 Å². The van der Waals surface area contributed by atoms with Crippen LogP contribution in [0.3, 0.4) is 0 Å². The first-order chi connectivity index (χ1) is 12.3. The number of aromatic amines is 1. The monoisotopic (exact) mass is 349 g/mol. The number of thiazole rings is 1. The van der Waals surface area contributed by atoms with Crippen molar-refractivity contribution >= 4 is 33.4 Å². The van der Waals surface area contributed by atoms with Crippen LogP contribution in [0.2, 0.25) is 0 Å². The molecule has 4 rings (SSSR count). The van der Waals surface area contributed by atoms with Crippen LogP contribution < -0.4 is 5.32 Å². The van der Waals surface area contributed by atoms with Crippen LogP contribution in [0.25, 0.3) is 22.3 Å². The van der Waals surface area contributed by atoms with E-state index in [-0.39, 0.29) is 5.91 Å². The molecule has 1 aromatic carbocycles. The van der Waals surface area contributed by atoms with Crippen molar-refractivity contribution in [3.8, 4) is 11.3 Å². The fourth-order valence-corrected chi connectivity index (χ4v) is 3.25. The second-order valence-electron chi connectivity index (χ2n) is 5.53. The van der Waals surface area contributed by atoms with Gasteiger partial charge >= 0.3 is 0 Å². The van der Waals surface area contributed by atoms with E-state index >= 15 is 0 Å². The van der Waals surface area contributed by atoms with E-state index in [0.717, 1.165) is 28.1 Å². The first-order valence-electron chi connectivity index (χ1n) is 7.87. The van der Waals surface area contributed by atoms with Gasteiger partial charge in [-0.3, -0.25) is 9.78 Å². The Kier molecular flexibility index (Phi) is 4.22. The van der Waals surface area contributed by atoms with Crippen molar-refractivity contribution in [3.63, 3.8) is 0 Å². The van der Waals surface area contributed by atoms with Crippen LogP contribution in [-0.4, -0.2) is 25.8 Å². The van der Waals surface area contributed by atoms with E-state index < -0.39 is 0 Å². The van der Waals surface area contributed by atoms with Gasteiger partial charge in [-0.25, -0.2) is 9.97 Å².